The van der Waals surface area contributed by atoms with E-state index in [1.54, 1.807) is 29.0 Å². The van der Waals surface area contributed by atoms with E-state index in [0.29, 0.717) is 21.7 Å². The van der Waals surface area contributed by atoms with Gasteiger partial charge in [0.2, 0.25) is 0 Å². The zero-order chi connectivity index (χ0) is 19.4. The first-order valence-corrected chi connectivity index (χ1v) is 8.51. The van der Waals surface area contributed by atoms with Crippen LogP contribution in [0.4, 0.5) is 8.78 Å². The van der Waals surface area contributed by atoms with Gasteiger partial charge < -0.3 is 4.98 Å². The molecule has 0 saturated heterocycles. The Hall–Kier alpha value is -3.63. The van der Waals surface area contributed by atoms with Crippen molar-refractivity contribution in [2.75, 3.05) is 0 Å². The number of hydrogen-bond donors (Lipinski definition) is 2. The zero-order valence-corrected chi connectivity index (χ0v) is 14.2. The van der Waals surface area contributed by atoms with Crippen LogP contribution in [0.15, 0.2) is 46.5 Å². The number of imidazole rings is 1. The van der Waals surface area contributed by atoms with Gasteiger partial charge in [0.25, 0.3) is 5.56 Å². The largest absolute Gasteiger partial charge is 0.333 e. The predicted octanol–water partition coefficient (Wildman–Crippen LogP) is 1.64. The van der Waals surface area contributed by atoms with Gasteiger partial charge in [0.15, 0.2) is 5.65 Å². The Balaban J connectivity index is 1.57. The number of rotatable bonds is 4. The van der Waals surface area contributed by atoms with Gasteiger partial charge in [-0.2, -0.15) is 19.0 Å². The minimum Gasteiger partial charge on any atom is -0.313 e. The third-order valence-electron chi connectivity index (χ3n) is 4.88. The molecule has 0 spiro atoms. The van der Waals surface area contributed by atoms with Gasteiger partial charge in [-0.3, -0.25) is 9.78 Å². The number of nitrogens with one attached hydrogen (secondary N) is 2. The summed E-state index contributed by atoms with van der Waals surface area (Å²) in [5.41, 5.74) is 1.51. The highest BCUT2D eigenvalue weighted by atomic mass is 19.3. The minimum absolute atomic E-state index is 0.00962. The van der Waals surface area contributed by atoms with E-state index in [4.69, 9.17) is 0 Å². The summed E-state index contributed by atoms with van der Waals surface area (Å²) < 4.78 is 27.7. The number of nitrogens with zero attached hydrogens (tertiary/aromatic N) is 5. The van der Waals surface area contributed by atoms with Crippen molar-refractivity contribution >= 4 is 5.65 Å². The van der Waals surface area contributed by atoms with Crippen LogP contribution in [0.5, 0.6) is 0 Å². The lowest BCUT2D eigenvalue weighted by Crippen LogP contribution is -2.23. The normalized spacial score (nSPS) is 18.8. The zero-order valence-electron chi connectivity index (χ0n) is 14.2. The Morgan fingerprint density at radius 3 is 2.79 bits per heavy atom. The number of aromatic nitrogens is 7. The highest BCUT2D eigenvalue weighted by Gasteiger charge is 2.43. The van der Waals surface area contributed by atoms with E-state index in [-0.39, 0.29) is 17.4 Å². The van der Waals surface area contributed by atoms with E-state index in [1.807, 2.05) is 0 Å². The quantitative estimate of drug-likeness (QED) is 0.554. The summed E-state index contributed by atoms with van der Waals surface area (Å²) in [4.78, 5) is 32.3. The van der Waals surface area contributed by atoms with E-state index in [0.717, 1.165) is 12.0 Å². The molecule has 1 unspecified atom stereocenters. The molecular formula is C17H13F2N7O2. The molecule has 0 amide bonds. The van der Waals surface area contributed by atoms with E-state index >= 15 is 0 Å². The summed E-state index contributed by atoms with van der Waals surface area (Å²) in [5, 5.41) is 8.33. The lowest BCUT2D eigenvalue weighted by atomic mass is 10.1. The summed E-state index contributed by atoms with van der Waals surface area (Å²) in [6, 6.07) is 3.34. The lowest BCUT2D eigenvalue weighted by Gasteiger charge is -2.06. The number of H-pyrrole nitrogens is 2. The van der Waals surface area contributed by atoms with Gasteiger partial charge in [-0.05, 0) is 24.5 Å². The number of fused-ring (bicyclic) bond motifs is 1. The second-order valence-electron chi connectivity index (χ2n) is 6.61. The Labute approximate surface area is 154 Å². The molecule has 1 aliphatic rings. The fraction of sp³-hybridized carbons (Fsp3) is 0.235. The molecule has 1 saturated carbocycles. The topological polar surface area (TPSA) is 114 Å². The van der Waals surface area contributed by atoms with Crippen LogP contribution in [-0.2, 0) is 0 Å². The van der Waals surface area contributed by atoms with Crippen LogP contribution in [0.1, 0.15) is 36.1 Å². The Morgan fingerprint density at radius 2 is 2.04 bits per heavy atom. The summed E-state index contributed by atoms with van der Waals surface area (Å²) in [6.45, 7) is -2.68. The molecule has 9 nitrogen and oxygen atoms in total. The van der Waals surface area contributed by atoms with Gasteiger partial charge in [-0.25, -0.2) is 19.0 Å². The van der Waals surface area contributed by atoms with Crippen LogP contribution in [0.3, 0.4) is 0 Å². The maximum atomic E-state index is 12.8. The molecule has 1 aliphatic carbocycles. The summed E-state index contributed by atoms with van der Waals surface area (Å²) in [6.07, 6.45) is 6.55. The van der Waals surface area contributed by atoms with Crippen molar-refractivity contribution in [1.82, 2.24) is 34.3 Å². The van der Waals surface area contributed by atoms with Crippen molar-refractivity contribution in [2.24, 2.45) is 0 Å². The van der Waals surface area contributed by atoms with Gasteiger partial charge in [0, 0.05) is 36.3 Å². The maximum Gasteiger partial charge on any atom is 0.333 e. The molecular weight excluding hydrogens is 372 g/mol. The van der Waals surface area contributed by atoms with Crippen LogP contribution in [-0.4, -0.2) is 34.3 Å². The molecule has 4 aromatic rings. The van der Waals surface area contributed by atoms with Gasteiger partial charge in [-0.15, -0.1) is 0 Å². The lowest BCUT2D eigenvalue weighted by molar-refractivity contribution is 0.0562. The number of halogens is 2. The van der Waals surface area contributed by atoms with Crippen molar-refractivity contribution < 1.29 is 8.78 Å². The Kier molecular flexibility index (Phi) is 3.51. The predicted molar refractivity (Wildman–Crippen MR) is 93.2 cm³/mol. The molecule has 0 aliphatic heterocycles. The second-order valence-corrected chi connectivity index (χ2v) is 6.61. The fourth-order valence-electron chi connectivity index (χ4n) is 3.47. The van der Waals surface area contributed by atoms with E-state index < -0.39 is 17.8 Å². The van der Waals surface area contributed by atoms with E-state index in [9.17, 15) is 18.4 Å². The third kappa shape index (κ3) is 2.63. The molecule has 11 heteroatoms. The fourth-order valence-corrected chi connectivity index (χ4v) is 3.47. The number of hydrogen-bond acceptors (Lipinski definition) is 5. The number of alkyl halides is 2. The Bertz CT molecular complexity index is 1300. The molecule has 0 bridgehead atoms. The van der Waals surface area contributed by atoms with Crippen LogP contribution >= 0.6 is 0 Å². The van der Waals surface area contributed by atoms with Gasteiger partial charge in [0.05, 0.1) is 17.0 Å². The Morgan fingerprint density at radius 1 is 1.18 bits per heavy atom. The molecule has 4 aromatic heterocycles. The minimum atomic E-state index is -2.68. The van der Waals surface area contributed by atoms with E-state index in [1.165, 1.54) is 12.4 Å². The van der Waals surface area contributed by atoms with Crippen LogP contribution in [0.2, 0.25) is 0 Å². The first kappa shape index (κ1) is 16.5. The van der Waals surface area contributed by atoms with Crippen molar-refractivity contribution in [3.05, 3.63) is 69.0 Å². The van der Waals surface area contributed by atoms with Crippen molar-refractivity contribution in [2.45, 2.75) is 24.8 Å². The third-order valence-corrected chi connectivity index (χ3v) is 4.88. The van der Waals surface area contributed by atoms with Gasteiger partial charge in [-0.1, -0.05) is 0 Å². The molecule has 28 heavy (non-hydrogen) atoms. The highest BCUT2D eigenvalue weighted by molar-refractivity contribution is 5.63. The molecule has 2 atom stereocenters. The standard InChI is InChI=1S/C17H13F2N7O2/c18-16(19)26-3-1-12(23-26)9-5-8(9)10-6-13(24-25-4-2-20-14(10)25)11-7-21-17(28)22-15(11)27/h1-4,6-9,16H,5H2,(H2,21,22,27,28)/t8?,9-/m1/s1. The smallest absolute Gasteiger partial charge is 0.313 e. The van der Waals surface area contributed by atoms with Crippen LogP contribution < -0.4 is 11.2 Å². The summed E-state index contributed by atoms with van der Waals surface area (Å²) in [7, 11) is 0. The monoisotopic (exact) mass is 385 g/mol. The van der Waals surface area contributed by atoms with Crippen molar-refractivity contribution in [3.63, 3.8) is 0 Å². The number of aromatic amines is 2. The molecule has 4 heterocycles. The average molecular weight is 385 g/mol. The van der Waals surface area contributed by atoms with Gasteiger partial charge >= 0.3 is 12.2 Å². The summed E-state index contributed by atoms with van der Waals surface area (Å²) in [5.74, 6) is 0.0131. The highest BCUT2D eigenvalue weighted by Crippen LogP contribution is 2.55. The first-order valence-electron chi connectivity index (χ1n) is 8.51. The molecule has 1 fully saturated rings. The van der Waals surface area contributed by atoms with Crippen molar-refractivity contribution in [3.8, 4) is 11.3 Å². The second kappa shape index (κ2) is 5.94. The molecule has 0 radical (unpaired) electrons. The molecule has 0 aromatic carbocycles. The molecule has 142 valence electrons. The SMILES string of the molecule is O=c1[nH]cc(-c2cc(C3C[C@H]3c3ccn(C(F)F)n3)c3nccn3n2)c(=O)[nH]1. The van der Waals surface area contributed by atoms with Crippen LogP contribution in [0, 0.1) is 0 Å². The molecule has 5 rings (SSSR count). The van der Waals surface area contributed by atoms with Crippen molar-refractivity contribution in [1.29, 1.82) is 0 Å². The van der Waals surface area contributed by atoms with Gasteiger partial charge in [0.1, 0.15) is 0 Å². The average Bonchev–Trinajstić information content (AvgIpc) is 3.07. The summed E-state index contributed by atoms with van der Waals surface area (Å²) >= 11 is 0. The molecule has 2 N–H and O–H groups in total. The van der Waals surface area contributed by atoms with Crippen LogP contribution in [0.25, 0.3) is 16.9 Å². The van der Waals surface area contributed by atoms with E-state index in [2.05, 4.69) is 25.1 Å². The maximum absolute atomic E-state index is 12.8. The first-order chi connectivity index (χ1) is 13.5.